The van der Waals surface area contributed by atoms with E-state index in [1.807, 2.05) is 55.9 Å². The lowest BCUT2D eigenvalue weighted by Crippen LogP contribution is -2.32. The van der Waals surface area contributed by atoms with E-state index in [2.05, 4.69) is 10.4 Å². The number of hydrogen-bond acceptors (Lipinski definition) is 4. The lowest BCUT2D eigenvalue weighted by Gasteiger charge is -2.13. The number of fused-ring (bicyclic) bond motifs is 1. The van der Waals surface area contributed by atoms with Crippen molar-refractivity contribution in [3.8, 4) is 11.3 Å². The average Bonchev–Trinajstić information content (AvgIpc) is 3.27. The van der Waals surface area contributed by atoms with Crippen molar-refractivity contribution in [2.24, 2.45) is 7.05 Å². The Labute approximate surface area is 158 Å². The zero-order valence-corrected chi connectivity index (χ0v) is 16.0. The number of carbonyl (C=O) groups excluding carboxylic acids is 1. The first-order valence-electron chi connectivity index (χ1n) is 9.34. The Morgan fingerprint density at radius 3 is 2.85 bits per heavy atom. The molecule has 1 aliphatic heterocycles. The fraction of sp³-hybridized carbons (Fsp3) is 0.381. The van der Waals surface area contributed by atoms with Crippen LogP contribution in [0.1, 0.15) is 34.6 Å². The normalized spacial score (nSPS) is 16.8. The van der Waals surface area contributed by atoms with Gasteiger partial charge < -0.3 is 10.1 Å². The Kier molecular flexibility index (Phi) is 4.66. The molecular weight excluding hydrogens is 340 g/mol. The monoisotopic (exact) mass is 364 g/mol. The molecule has 2 aromatic heterocycles. The number of ether oxygens (including phenoxy) is 1. The van der Waals surface area contributed by atoms with Crippen LogP contribution in [0.3, 0.4) is 0 Å². The molecule has 1 amide bonds. The highest BCUT2D eigenvalue weighted by atomic mass is 16.5. The number of carbonyl (C=O) groups is 1. The topological polar surface area (TPSA) is 69.0 Å². The highest BCUT2D eigenvalue weighted by Gasteiger charge is 2.20. The van der Waals surface area contributed by atoms with E-state index < -0.39 is 0 Å². The van der Waals surface area contributed by atoms with Gasteiger partial charge in [0, 0.05) is 36.8 Å². The highest BCUT2D eigenvalue weighted by molar-refractivity contribution is 6.07. The number of amides is 1. The number of aromatic nitrogens is 3. The van der Waals surface area contributed by atoms with Gasteiger partial charge in [0.15, 0.2) is 0 Å². The maximum absolute atomic E-state index is 13.0. The van der Waals surface area contributed by atoms with Crippen molar-refractivity contribution in [3.63, 3.8) is 0 Å². The Morgan fingerprint density at radius 1 is 1.33 bits per heavy atom. The van der Waals surface area contributed by atoms with Gasteiger partial charge in [0.2, 0.25) is 0 Å². The first-order chi connectivity index (χ1) is 13.0. The maximum Gasteiger partial charge on any atom is 0.252 e. The quantitative estimate of drug-likeness (QED) is 0.772. The summed E-state index contributed by atoms with van der Waals surface area (Å²) in [5.41, 5.74) is 5.14. The third-order valence-corrected chi connectivity index (χ3v) is 5.24. The van der Waals surface area contributed by atoms with Gasteiger partial charge in [-0.15, -0.1) is 0 Å². The summed E-state index contributed by atoms with van der Waals surface area (Å²) >= 11 is 0. The van der Waals surface area contributed by atoms with Crippen LogP contribution in [0.5, 0.6) is 0 Å². The number of rotatable bonds is 4. The summed E-state index contributed by atoms with van der Waals surface area (Å²) in [5.74, 6) is -0.0930. The van der Waals surface area contributed by atoms with Crippen LogP contribution in [0.2, 0.25) is 0 Å². The summed E-state index contributed by atoms with van der Waals surface area (Å²) in [6.45, 7) is 5.30. The van der Waals surface area contributed by atoms with Crippen LogP contribution in [0.25, 0.3) is 22.2 Å². The van der Waals surface area contributed by atoms with Gasteiger partial charge in [-0.1, -0.05) is 18.2 Å². The summed E-state index contributed by atoms with van der Waals surface area (Å²) in [4.78, 5) is 17.8. The van der Waals surface area contributed by atoms with Crippen molar-refractivity contribution in [2.45, 2.75) is 32.8 Å². The summed E-state index contributed by atoms with van der Waals surface area (Å²) < 4.78 is 7.46. The van der Waals surface area contributed by atoms with Gasteiger partial charge in [0.25, 0.3) is 5.91 Å². The Hall–Kier alpha value is -2.73. The standard InChI is InChI=1S/C21H24N4O2/c1-13-20(14(2)25(3)24-13)19-11-17(16-8-4-5-9-18(16)23-19)21(26)22-12-15-7-6-10-27-15/h4-5,8-9,11,15H,6-7,10,12H2,1-3H3,(H,22,26). The third kappa shape index (κ3) is 3.32. The van der Waals surface area contributed by atoms with Crippen LogP contribution in [-0.4, -0.2) is 39.9 Å². The van der Waals surface area contributed by atoms with E-state index in [-0.39, 0.29) is 12.0 Å². The molecule has 1 fully saturated rings. The minimum atomic E-state index is -0.0930. The van der Waals surface area contributed by atoms with E-state index >= 15 is 0 Å². The van der Waals surface area contributed by atoms with E-state index in [0.29, 0.717) is 12.1 Å². The van der Waals surface area contributed by atoms with Gasteiger partial charge in [-0.2, -0.15) is 5.10 Å². The first-order valence-corrected chi connectivity index (χ1v) is 9.34. The summed E-state index contributed by atoms with van der Waals surface area (Å²) in [5, 5.41) is 8.38. The predicted octanol–water partition coefficient (Wildman–Crippen LogP) is 3.16. The minimum absolute atomic E-state index is 0.0930. The molecule has 0 saturated carbocycles. The van der Waals surface area contributed by atoms with Gasteiger partial charge >= 0.3 is 0 Å². The number of hydrogen-bond donors (Lipinski definition) is 1. The van der Waals surface area contributed by atoms with Crippen molar-refractivity contribution < 1.29 is 9.53 Å². The van der Waals surface area contributed by atoms with E-state index in [1.54, 1.807) is 0 Å². The summed E-state index contributed by atoms with van der Waals surface area (Å²) in [7, 11) is 1.92. The molecular formula is C21H24N4O2. The number of pyridine rings is 1. The SMILES string of the molecule is Cc1nn(C)c(C)c1-c1cc(C(=O)NCC2CCCO2)c2ccccc2n1. The van der Waals surface area contributed by atoms with Gasteiger partial charge in [0.1, 0.15) is 0 Å². The first kappa shape index (κ1) is 17.7. The van der Waals surface area contributed by atoms with Crippen molar-refractivity contribution in [1.82, 2.24) is 20.1 Å². The van der Waals surface area contributed by atoms with Crippen LogP contribution in [0.15, 0.2) is 30.3 Å². The van der Waals surface area contributed by atoms with Crippen molar-refractivity contribution in [2.75, 3.05) is 13.2 Å². The second kappa shape index (κ2) is 7.12. The van der Waals surface area contributed by atoms with E-state index in [4.69, 9.17) is 9.72 Å². The van der Waals surface area contributed by atoms with Crippen LogP contribution in [0.4, 0.5) is 0 Å². The van der Waals surface area contributed by atoms with Crippen molar-refractivity contribution in [1.29, 1.82) is 0 Å². The Morgan fingerprint density at radius 2 is 2.15 bits per heavy atom. The molecule has 0 spiro atoms. The minimum Gasteiger partial charge on any atom is -0.376 e. The number of nitrogens with zero attached hydrogens (tertiary/aromatic N) is 3. The average molecular weight is 364 g/mol. The molecule has 4 rings (SSSR count). The molecule has 3 aromatic rings. The molecule has 0 bridgehead atoms. The fourth-order valence-electron chi connectivity index (χ4n) is 3.74. The highest BCUT2D eigenvalue weighted by Crippen LogP contribution is 2.29. The van der Waals surface area contributed by atoms with Gasteiger partial charge in [-0.25, -0.2) is 4.98 Å². The second-order valence-corrected chi connectivity index (χ2v) is 7.09. The van der Waals surface area contributed by atoms with E-state index in [1.165, 1.54) is 0 Å². The smallest absolute Gasteiger partial charge is 0.252 e. The van der Waals surface area contributed by atoms with Gasteiger partial charge in [0.05, 0.1) is 28.6 Å². The molecule has 140 valence electrons. The van der Waals surface area contributed by atoms with Crippen LogP contribution < -0.4 is 5.32 Å². The molecule has 6 heteroatoms. The zero-order valence-electron chi connectivity index (χ0n) is 16.0. The molecule has 3 heterocycles. The van der Waals surface area contributed by atoms with Crippen LogP contribution >= 0.6 is 0 Å². The number of nitrogens with one attached hydrogen (secondary N) is 1. The van der Waals surface area contributed by atoms with E-state index in [0.717, 1.165) is 53.0 Å². The third-order valence-electron chi connectivity index (χ3n) is 5.24. The molecule has 1 unspecified atom stereocenters. The zero-order chi connectivity index (χ0) is 19.0. The largest absolute Gasteiger partial charge is 0.376 e. The lowest BCUT2D eigenvalue weighted by atomic mass is 10.0. The summed E-state index contributed by atoms with van der Waals surface area (Å²) in [6.07, 6.45) is 2.17. The maximum atomic E-state index is 13.0. The molecule has 1 aromatic carbocycles. The second-order valence-electron chi connectivity index (χ2n) is 7.09. The molecule has 27 heavy (non-hydrogen) atoms. The molecule has 1 atom stereocenters. The molecule has 1 aliphatic rings. The molecule has 1 N–H and O–H groups in total. The number of aryl methyl sites for hydroxylation is 2. The molecule has 0 aliphatic carbocycles. The van der Waals surface area contributed by atoms with Crippen LogP contribution in [-0.2, 0) is 11.8 Å². The van der Waals surface area contributed by atoms with Crippen molar-refractivity contribution >= 4 is 16.8 Å². The summed E-state index contributed by atoms with van der Waals surface area (Å²) in [6, 6.07) is 9.63. The molecule has 6 nitrogen and oxygen atoms in total. The predicted molar refractivity (Wildman–Crippen MR) is 105 cm³/mol. The molecule has 1 saturated heterocycles. The van der Waals surface area contributed by atoms with Crippen molar-refractivity contribution in [3.05, 3.63) is 47.3 Å². The van der Waals surface area contributed by atoms with Crippen LogP contribution in [0, 0.1) is 13.8 Å². The lowest BCUT2D eigenvalue weighted by molar-refractivity contribution is 0.0859. The Bertz CT molecular complexity index is 1000. The fourth-order valence-corrected chi connectivity index (χ4v) is 3.74. The van der Waals surface area contributed by atoms with E-state index in [9.17, 15) is 4.79 Å². The number of para-hydroxylation sites is 1. The Balaban J connectivity index is 1.75. The number of benzene rings is 1. The molecule has 0 radical (unpaired) electrons. The van der Waals surface area contributed by atoms with Gasteiger partial charge in [-0.05, 0) is 38.8 Å². The van der Waals surface area contributed by atoms with Gasteiger partial charge in [-0.3, -0.25) is 9.48 Å².